The van der Waals surface area contributed by atoms with Crippen molar-refractivity contribution in [2.24, 2.45) is 23.7 Å². The van der Waals surface area contributed by atoms with Crippen molar-refractivity contribution in [1.82, 2.24) is 14.8 Å². The molecular weight excluding hydrogens is 1090 g/mol. The molecule has 0 aliphatic carbocycles. The number of ether oxygens (including phenoxy) is 7. The third kappa shape index (κ3) is 16.4. The van der Waals surface area contributed by atoms with Gasteiger partial charge in [-0.05, 0) is 118 Å². The number of aromatic carboxylic acids is 1. The lowest BCUT2D eigenvalue weighted by Gasteiger charge is -2.50. The highest BCUT2D eigenvalue weighted by Gasteiger charge is 2.55. The monoisotopic (exact) mass is 1180 g/mol. The van der Waals surface area contributed by atoms with Crippen LogP contribution in [0.25, 0.3) is 10.9 Å². The summed E-state index contributed by atoms with van der Waals surface area (Å²) in [7, 11) is 2.24. The number of aliphatic hydroxyl groups is 3. The average Bonchev–Trinajstić information content (AvgIpc) is 3.42. The van der Waals surface area contributed by atoms with Crippen LogP contribution in [-0.2, 0) is 70.0 Å². The van der Waals surface area contributed by atoms with Gasteiger partial charge in [-0.15, -0.1) is 0 Å². The number of unbranched alkanes of at least 4 members (excludes halogenated alkanes) is 1. The fourth-order valence-electron chi connectivity index (χ4n) is 11.9. The SMILES string of the molecule is CC[C@H]1OC(=O)[C@H](C)[C@@H](O[C@H]2C[C@@](C)(OC)[C@@H](OS(=O)(=O)CCNCCCCc3ccc4c(=O)c(C(=O)O)cn(CC(F)(F)F)c4c3)[C@H](C)O2)[C@H](C)[C@@H](O[C@@H]2O[C@H](C)C[C@H](N(C)C)[C@H]2O)[C@](C)(OC)C[C@@H](C)C(=O)[C@H](C)[C@@H](O)[C@]1(C)O. The molecule has 0 unspecified atom stereocenters. The fraction of sp³-hybridized carbons (Fsp3) is 0.786. The zero-order chi connectivity index (χ0) is 60.9. The Morgan fingerprint density at radius 1 is 0.914 bits per heavy atom. The molecule has 5 rings (SSSR count). The maximum atomic E-state index is 14.6. The summed E-state index contributed by atoms with van der Waals surface area (Å²) in [5.74, 6) is -7.26. The molecule has 81 heavy (non-hydrogen) atoms. The smallest absolute Gasteiger partial charge is 0.406 e. The molecule has 2 aromatic rings. The van der Waals surface area contributed by atoms with Crippen molar-refractivity contribution in [3.05, 3.63) is 45.7 Å². The van der Waals surface area contributed by atoms with Gasteiger partial charge >= 0.3 is 18.1 Å². The molecule has 21 nitrogen and oxygen atoms in total. The lowest BCUT2D eigenvalue weighted by atomic mass is 9.74. The van der Waals surface area contributed by atoms with E-state index in [0.29, 0.717) is 48.6 Å². The number of hydrogen-bond acceptors (Lipinski definition) is 19. The van der Waals surface area contributed by atoms with E-state index in [9.17, 15) is 61.2 Å². The molecule has 0 amide bonds. The maximum Gasteiger partial charge on any atom is 0.406 e. The van der Waals surface area contributed by atoms with Crippen LogP contribution in [0.1, 0.15) is 124 Å². The van der Waals surface area contributed by atoms with Crippen molar-refractivity contribution in [2.45, 2.75) is 211 Å². The second-order valence-electron chi connectivity index (χ2n) is 23.4. The lowest BCUT2D eigenvalue weighted by molar-refractivity contribution is -0.317. The number of carboxylic acid groups (broad SMARTS) is 1. The van der Waals surface area contributed by atoms with Crippen molar-refractivity contribution in [2.75, 3.05) is 47.2 Å². The Morgan fingerprint density at radius 3 is 2.15 bits per heavy atom. The second-order valence-corrected chi connectivity index (χ2v) is 25.2. The Balaban J connectivity index is 1.34. The molecular formula is C56H88F3N3O18S. The molecule has 0 bridgehead atoms. The van der Waals surface area contributed by atoms with E-state index in [1.807, 2.05) is 25.9 Å². The number of ketones is 1. The van der Waals surface area contributed by atoms with Crippen LogP contribution in [0.4, 0.5) is 13.2 Å². The molecule has 5 N–H and O–H groups in total. The third-order valence-electron chi connectivity index (χ3n) is 16.8. The van der Waals surface area contributed by atoms with Crippen LogP contribution in [0.15, 0.2) is 29.2 Å². The number of carbonyl (C=O) groups is 3. The molecule has 3 fully saturated rings. The standard InChI is InChI=1S/C56H88F3N3O18S/c1-15-41-55(10,70)47(66)32(4)43(63)30(2)26-53(8,73-13)48(79-52-45(65)40(61(11)12)24-31(3)75-52)33(5)46(34(6)51(69)77-41)78-42-27-54(9,74-14)49(35(7)76-42)80-81(71,72)23-22-60-21-17-16-18-36-19-20-37-39(25-36)62(29-56(57,58)59)28-38(44(37)64)50(67)68/h19-20,25,28,30-35,40-42,45-49,52,60,65-66,70H,15-18,21-24,26-27,29H2,1-14H3,(H,67,68)/t30-,31-,32+,33+,34-,35+,40+,41-,42+,45-,46+,47-,48-,49+,52+,53-,54-,55-/m1/s1. The van der Waals surface area contributed by atoms with Crippen molar-refractivity contribution >= 4 is 38.7 Å². The number of cyclic esters (lactones) is 1. The molecule has 1 aromatic heterocycles. The van der Waals surface area contributed by atoms with E-state index in [1.54, 1.807) is 54.5 Å². The van der Waals surface area contributed by atoms with E-state index in [0.717, 1.165) is 0 Å². The van der Waals surface area contributed by atoms with Crippen LogP contribution in [0.5, 0.6) is 0 Å². The Kier molecular flexibility index (Phi) is 23.2. The number of aliphatic hydroxyl groups excluding tert-OH is 2. The predicted molar refractivity (Wildman–Crippen MR) is 291 cm³/mol. The van der Waals surface area contributed by atoms with Crippen LogP contribution in [0.3, 0.4) is 0 Å². The quantitative estimate of drug-likeness (QED) is 0.0664. The number of esters is 1. The maximum absolute atomic E-state index is 14.6. The highest BCUT2D eigenvalue weighted by molar-refractivity contribution is 7.86. The summed E-state index contributed by atoms with van der Waals surface area (Å²) in [6.45, 7) is 15.2. The summed E-state index contributed by atoms with van der Waals surface area (Å²) in [5, 5.41) is 47.6. The van der Waals surface area contributed by atoms with Crippen molar-refractivity contribution in [1.29, 1.82) is 0 Å². The number of aromatic nitrogens is 1. The highest BCUT2D eigenvalue weighted by Crippen LogP contribution is 2.43. The molecule has 25 heteroatoms. The first-order chi connectivity index (χ1) is 37.5. The van der Waals surface area contributed by atoms with Gasteiger partial charge in [0.25, 0.3) is 10.1 Å². The van der Waals surface area contributed by atoms with Gasteiger partial charge in [0.1, 0.15) is 41.8 Å². The number of benzene rings is 1. The van der Waals surface area contributed by atoms with E-state index in [2.05, 4.69) is 5.32 Å². The molecule has 3 aliphatic rings. The lowest BCUT2D eigenvalue weighted by Crippen LogP contribution is -2.62. The van der Waals surface area contributed by atoms with E-state index in [1.165, 1.54) is 40.2 Å². The van der Waals surface area contributed by atoms with Crippen molar-refractivity contribution in [3.63, 3.8) is 0 Å². The highest BCUT2D eigenvalue weighted by atomic mass is 32.2. The number of fused-ring (bicyclic) bond motifs is 1. The van der Waals surface area contributed by atoms with Crippen molar-refractivity contribution < 1.29 is 93.7 Å². The summed E-state index contributed by atoms with van der Waals surface area (Å²) in [5.41, 5.74) is -5.95. The van der Waals surface area contributed by atoms with Crippen molar-refractivity contribution in [3.8, 4) is 0 Å². The van der Waals surface area contributed by atoms with Gasteiger partial charge in [-0.2, -0.15) is 21.6 Å². The van der Waals surface area contributed by atoms with Crippen LogP contribution in [0.2, 0.25) is 0 Å². The second kappa shape index (κ2) is 27.6. The summed E-state index contributed by atoms with van der Waals surface area (Å²) in [4.78, 5) is 55.0. The molecule has 18 atom stereocenters. The van der Waals surface area contributed by atoms with Gasteiger partial charge in [-0.25, -0.2) is 4.79 Å². The Bertz CT molecular complexity index is 2640. The predicted octanol–water partition coefficient (Wildman–Crippen LogP) is 4.98. The van der Waals surface area contributed by atoms with Gasteiger partial charge in [-0.1, -0.05) is 33.8 Å². The summed E-state index contributed by atoms with van der Waals surface area (Å²) < 4.78 is 119. The minimum atomic E-state index is -4.68. The topological polar surface area (TPSA) is 277 Å². The number of likely N-dealkylation sites (N-methyl/N-ethyl adjacent to an activating group) is 1. The number of halogens is 3. The number of nitrogens with one attached hydrogen (secondary N) is 1. The van der Waals surface area contributed by atoms with Gasteiger partial charge in [-0.3, -0.25) is 18.6 Å². The normalized spacial score (nSPS) is 36.1. The van der Waals surface area contributed by atoms with Crippen LogP contribution in [0, 0.1) is 23.7 Å². The first kappa shape index (κ1) is 68.1. The van der Waals surface area contributed by atoms with Crippen LogP contribution >= 0.6 is 0 Å². The Hall–Kier alpha value is -3.70. The van der Waals surface area contributed by atoms with Gasteiger partial charge in [0.05, 0.1) is 58.9 Å². The van der Waals surface area contributed by atoms with Gasteiger partial charge in [0.15, 0.2) is 12.6 Å². The molecule has 4 heterocycles. The molecule has 0 saturated carbocycles. The number of rotatable bonds is 20. The molecule has 0 spiro atoms. The Labute approximate surface area is 473 Å². The van der Waals surface area contributed by atoms with Crippen LogP contribution in [-0.4, -0.2) is 194 Å². The van der Waals surface area contributed by atoms with E-state index in [-0.39, 0.29) is 48.9 Å². The third-order valence-corrected chi connectivity index (χ3v) is 18.0. The van der Waals surface area contributed by atoms with Gasteiger partial charge in [0, 0.05) is 62.6 Å². The minimum Gasteiger partial charge on any atom is -0.477 e. The number of aryl methyl sites for hydroxylation is 1. The minimum absolute atomic E-state index is 0.00801. The molecule has 1 aromatic carbocycles. The first-order valence-corrected chi connectivity index (χ1v) is 29.4. The number of carbonyl (C=O) groups excluding carboxylic acids is 2. The zero-order valence-electron chi connectivity index (χ0n) is 49.2. The summed E-state index contributed by atoms with van der Waals surface area (Å²) in [6.07, 6.45) is -13.5. The summed E-state index contributed by atoms with van der Waals surface area (Å²) >= 11 is 0. The number of carboxylic acids is 1. The largest absolute Gasteiger partial charge is 0.477 e. The molecule has 462 valence electrons. The number of alkyl halides is 3. The van der Waals surface area contributed by atoms with Gasteiger partial charge < -0.3 is 68.4 Å². The molecule has 3 saturated heterocycles. The number of Topliss-reactive ketones (excluding diaryl/α,β-unsaturated/α-hetero) is 1. The zero-order valence-corrected chi connectivity index (χ0v) is 50.0. The van der Waals surface area contributed by atoms with Crippen LogP contribution < -0.4 is 10.7 Å². The molecule has 3 aliphatic heterocycles. The number of methoxy groups -OCH3 is 2. The molecule has 0 radical (unpaired) electrons. The van der Waals surface area contributed by atoms with E-state index < -0.39 is 153 Å². The number of nitrogens with zero attached hydrogens (tertiary/aromatic N) is 2. The Morgan fingerprint density at radius 2 is 1.56 bits per heavy atom. The van der Waals surface area contributed by atoms with Gasteiger partial charge in [0.2, 0.25) is 5.43 Å². The number of pyridine rings is 1. The first-order valence-electron chi connectivity index (χ1n) is 27.8. The number of hydrogen-bond donors (Lipinski definition) is 5. The van der Waals surface area contributed by atoms with E-state index >= 15 is 0 Å². The summed E-state index contributed by atoms with van der Waals surface area (Å²) in [6, 6.07) is 3.93. The van der Waals surface area contributed by atoms with E-state index in [4.69, 9.17) is 37.3 Å². The average molecular weight is 1180 g/mol. The fourth-order valence-corrected chi connectivity index (χ4v) is 13.1.